The van der Waals surface area contributed by atoms with E-state index in [1.54, 1.807) is 16.9 Å². The van der Waals surface area contributed by atoms with Crippen LogP contribution in [0.4, 0.5) is 13.2 Å². The first-order valence-electron chi connectivity index (χ1n) is 5.95. The van der Waals surface area contributed by atoms with Crippen LogP contribution in [0.1, 0.15) is 11.1 Å². The molecule has 1 aromatic carbocycles. The van der Waals surface area contributed by atoms with Gasteiger partial charge in [-0.25, -0.2) is 0 Å². The fourth-order valence-corrected chi connectivity index (χ4v) is 1.77. The van der Waals surface area contributed by atoms with E-state index in [0.29, 0.717) is 13.1 Å². The highest BCUT2D eigenvalue weighted by molar-refractivity contribution is 5.28. The van der Waals surface area contributed by atoms with E-state index in [4.69, 9.17) is 0 Å². The monoisotopic (exact) mass is 285 g/mol. The maximum absolute atomic E-state index is 12.1. The van der Waals surface area contributed by atoms with Crippen LogP contribution in [0.15, 0.2) is 36.7 Å². The van der Waals surface area contributed by atoms with Crippen LogP contribution in [0, 0.1) is 0 Å². The van der Waals surface area contributed by atoms with Gasteiger partial charge in [-0.3, -0.25) is 4.68 Å². The summed E-state index contributed by atoms with van der Waals surface area (Å²) in [5.41, 5.74) is 1.73. The molecule has 0 amide bonds. The van der Waals surface area contributed by atoms with E-state index in [9.17, 15) is 13.2 Å². The van der Waals surface area contributed by atoms with E-state index in [2.05, 4.69) is 15.2 Å². The van der Waals surface area contributed by atoms with Crippen LogP contribution in [0.2, 0.25) is 0 Å². The number of rotatable bonds is 5. The lowest BCUT2D eigenvalue weighted by Gasteiger charge is -2.10. The number of alkyl halides is 3. The van der Waals surface area contributed by atoms with E-state index in [1.165, 1.54) is 18.2 Å². The van der Waals surface area contributed by atoms with Crippen LogP contribution >= 0.6 is 0 Å². The van der Waals surface area contributed by atoms with Crippen molar-refractivity contribution >= 4 is 0 Å². The molecule has 0 bridgehead atoms. The summed E-state index contributed by atoms with van der Waals surface area (Å²) in [6.45, 7) is 1.04. The normalized spacial score (nSPS) is 11.6. The second-order valence-electron chi connectivity index (χ2n) is 4.32. The van der Waals surface area contributed by atoms with Crippen molar-refractivity contribution < 1.29 is 17.9 Å². The van der Waals surface area contributed by atoms with Crippen LogP contribution in [0.3, 0.4) is 0 Å². The van der Waals surface area contributed by atoms with Crippen LogP contribution in [0.25, 0.3) is 0 Å². The van der Waals surface area contributed by atoms with Gasteiger partial charge in [-0.1, -0.05) is 12.1 Å². The smallest absolute Gasteiger partial charge is 0.406 e. The highest BCUT2D eigenvalue weighted by Crippen LogP contribution is 2.23. The zero-order valence-corrected chi connectivity index (χ0v) is 10.8. The lowest BCUT2D eigenvalue weighted by molar-refractivity contribution is -0.274. The molecule has 7 heteroatoms. The zero-order chi connectivity index (χ0) is 14.6. The minimum Gasteiger partial charge on any atom is -0.406 e. The van der Waals surface area contributed by atoms with Gasteiger partial charge in [0.05, 0.1) is 6.20 Å². The molecular formula is C13H14F3N3O. The largest absolute Gasteiger partial charge is 0.573 e. The number of benzene rings is 1. The summed E-state index contributed by atoms with van der Waals surface area (Å²) in [6.07, 6.45) is -1.06. The molecule has 0 aliphatic heterocycles. The van der Waals surface area contributed by atoms with Crippen LogP contribution in [0.5, 0.6) is 5.75 Å². The van der Waals surface area contributed by atoms with Crippen molar-refractivity contribution in [3.8, 4) is 5.75 Å². The average molecular weight is 285 g/mol. The molecule has 0 aliphatic rings. The van der Waals surface area contributed by atoms with Crippen LogP contribution < -0.4 is 10.1 Å². The molecule has 1 aromatic heterocycles. The molecule has 2 rings (SSSR count). The summed E-state index contributed by atoms with van der Waals surface area (Å²) >= 11 is 0. The van der Waals surface area contributed by atoms with Gasteiger partial charge in [0.25, 0.3) is 0 Å². The predicted molar refractivity (Wildman–Crippen MR) is 66.9 cm³/mol. The van der Waals surface area contributed by atoms with Crippen molar-refractivity contribution in [2.24, 2.45) is 7.05 Å². The van der Waals surface area contributed by atoms with Gasteiger partial charge in [-0.05, 0) is 17.7 Å². The molecule has 0 radical (unpaired) electrons. The van der Waals surface area contributed by atoms with Gasteiger partial charge in [0.1, 0.15) is 5.75 Å². The van der Waals surface area contributed by atoms with Gasteiger partial charge in [-0.2, -0.15) is 5.10 Å². The Bertz CT molecular complexity index is 566. The first-order valence-corrected chi connectivity index (χ1v) is 5.95. The third-order valence-corrected chi connectivity index (χ3v) is 2.55. The van der Waals surface area contributed by atoms with Crippen molar-refractivity contribution in [3.63, 3.8) is 0 Å². The second-order valence-corrected chi connectivity index (χ2v) is 4.32. The zero-order valence-electron chi connectivity index (χ0n) is 10.8. The molecule has 0 saturated carbocycles. The molecule has 0 atom stereocenters. The molecule has 4 nitrogen and oxygen atoms in total. The Morgan fingerprint density at radius 3 is 2.65 bits per heavy atom. The predicted octanol–water partition coefficient (Wildman–Crippen LogP) is 2.61. The molecule has 0 aliphatic carbocycles. The van der Waals surface area contributed by atoms with Crippen molar-refractivity contribution in [1.29, 1.82) is 0 Å². The number of halogens is 3. The molecule has 2 aromatic rings. The number of aromatic nitrogens is 2. The highest BCUT2D eigenvalue weighted by atomic mass is 19.4. The number of nitrogens with zero attached hydrogens (tertiary/aromatic N) is 2. The van der Waals surface area contributed by atoms with Crippen molar-refractivity contribution in [2.75, 3.05) is 0 Å². The summed E-state index contributed by atoms with van der Waals surface area (Å²) in [5, 5.41) is 7.16. The van der Waals surface area contributed by atoms with Crippen molar-refractivity contribution in [1.82, 2.24) is 15.1 Å². The van der Waals surface area contributed by atoms with Gasteiger partial charge in [0.2, 0.25) is 0 Å². The van der Waals surface area contributed by atoms with Crippen LogP contribution in [-0.2, 0) is 20.1 Å². The lowest BCUT2D eigenvalue weighted by Crippen LogP contribution is -2.17. The molecule has 1 heterocycles. The highest BCUT2D eigenvalue weighted by Gasteiger charge is 2.31. The average Bonchev–Trinajstić information content (AvgIpc) is 2.73. The van der Waals surface area contributed by atoms with Gasteiger partial charge in [0, 0.05) is 31.9 Å². The Morgan fingerprint density at radius 2 is 2.00 bits per heavy atom. The van der Waals surface area contributed by atoms with Gasteiger partial charge in [-0.15, -0.1) is 13.2 Å². The lowest BCUT2D eigenvalue weighted by atomic mass is 10.2. The third-order valence-electron chi connectivity index (χ3n) is 2.55. The third kappa shape index (κ3) is 4.58. The minimum atomic E-state index is -4.66. The number of hydrogen-bond donors (Lipinski definition) is 1. The Kier molecular flexibility index (Phi) is 4.29. The number of aryl methyl sites for hydroxylation is 1. The Hall–Kier alpha value is -2.02. The molecular weight excluding hydrogens is 271 g/mol. The Balaban J connectivity index is 1.88. The molecule has 0 spiro atoms. The van der Waals surface area contributed by atoms with Crippen molar-refractivity contribution in [2.45, 2.75) is 19.5 Å². The van der Waals surface area contributed by atoms with Gasteiger partial charge in [0.15, 0.2) is 0 Å². The first-order chi connectivity index (χ1) is 9.42. The molecule has 20 heavy (non-hydrogen) atoms. The summed E-state index contributed by atoms with van der Waals surface area (Å²) in [5.74, 6) is -0.210. The fourth-order valence-electron chi connectivity index (χ4n) is 1.77. The summed E-state index contributed by atoms with van der Waals surface area (Å²) < 4.78 is 41.9. The maximum atomic E-state index is 12.1. The molecule has 0 saturated heterocycles. The first kappa shape index (κ1) is 14.4. The topological polar surface area (TPSA) is 39.1 Å². The Labute approximate surface area is 114 Å². The van der Waals surface area contributed by atoms with E-state index >= 15 is 0 Å². The second kappa shape index (κ2) is 5.96. The number of ether oxygens (including phenoxy) is 1. The molecule has 0 fully saturated rings. The SMILES string of the molecule is Cn1cc(CNCc2cccc(OC(F)(F)F)c2)cn1. The van der Waals surface area contributed by atoms with E-state index in [-0.39, 0.29) is 5.75 Å². The van der Waals surface area contributed by atoms with E-state index in [0.717, 1.165) is 11.1 Å². The Morgan fingerprint density at radius 1 is 1.25 bits per heavy atom. The van der Waals surface area contributed by atoms with Crippen molar-refractivity contribution in [3.05, 3.63) is 47.8 Å². The van der Waals surface area contributed by atoms with E-state index < -0.39 is 6.36 Å². The maximum Gasteiger partial charge on any atom is 0.573 e. The quantitative estimate of drug-likeness (QED) is 0.918. The van der Waals surface area contributed by atoms with Gasteiger partial charge < -0.3 is 10.1 Å². The molecule has 0 unspecified atom stereocenters. The van der Waals surface area contributed by atoms with Crippen LogP contribution in [-0.4, -0.2) is 16.1 Å². The number of hydrogen-bond acceptors (Lipinski definition) is 3. The minimum absolute atomic E-state index is 0.210. The summed E-state index contributed by atoms with van der Waals surface area (Å²) in [6, 6.07) is 5.91. The summed E-state index contributed by atoms with van der Waals surface area (Å²) in [7, 11) is 1.82. The van der Waals surface area contributed by atoms with E-state index in [1.807, 2.05) is 13.2 Å². The standard InChI is InChI=1S/C13H14F3N3O/c1-19-9-11(8-18-19)7-17-6-10-3-2-4-12(5-10)20-13(14,15)16/h2-5,8-9,17H,6-7H2,1H3. The summed E-state index contributed by atoms with van der Waals surface area (Å²) in [4.78, 5) is 0. The van der Waals surface area contributed by atoms with Gasteiger partial charge >= 0.3 is 6.36 Å². The molecule has 1 N–H and O–H groups in total. The fraction of sp³-hybridized carbons (Fsp3) is 0.308. The number of nitrogens with one attached hydrogen (secondary N) is 1. The molecule has 108 valence electrons.